The molecule has 0 aliphatic rings. The van der Waals surface area contributed by atoms with Crippen LogP contribution >= 0.6 is 0 Å². The summed E-state index contributed by atoms with van der Waals surface area (Å²) in [5.41, 5.74) is 5.30. The summed E-state index contributed by atoms with van der Waals surface area (Å²) in [7, 11) is 1.55. The summed E-state index contributed by atoms with van der Waals surface area (Å²) in [5.74, 6) is 0.115. The van der Waals surface area contributed by atoms with Crippen molar-refractivity contribution in [2.24, 2.45) is 0 Å². The van der Waals surface area contributed by atoms with Gasteiger partial charge in [0.1, 0.15) is 11.4 Å². The lowest BCUT2D eigenvalue weighted by molar-refractivity contribution is 0.00973. The Hall–Kier alpha value is -1.95. The lowest BCUT2D eigenvalue weighted by Gasteiger charge is -2.17. The van der Waals surface area contributed by atoms with Gasteiger partial charge < -0.3 is 15.0 Å². The molecule has 0 bridgehead atoms. The fourth-order valence-corrected chi connectivity index (χ4v) is 1.34. The van der Waals surface area contributed by atoms with Gasteiger partial charge in [0.2, 0.25) is 5.82 Å². The van der Waals surface area contributed by atoms with Crippen molar-refractivity contribution < 1.29 is 13.7 Å². The molecule has 96 valence electrons. The molecule has 0 fully saturated rings. The van der Waals surface area contributed by atoms with Gasteiger partial charge >= 0.3 is 0 Å². The Kier molecular flexibility index (Phi) is 3.04. The lowest BCUT2D eigenvalue weighted by Crippen LogP contribution is -2.21. The lowest BCUT2D eigenvalue weighted by atomic mass is 10.1. The molecule has 5 nitrogen and oxygen atoms in total. The van der Waals surface area contributed by atoms with Crippen LogP contribution in [-0.2, 0) is 10.3 Å². The first kappa shape index (κ1) is 12.5. The molecule has 2 N–H and O–H groups in total. The predicted molar refractivity (Wildman–Crippen MR) is 64.1 cm³/mol. The number of nitrogen functional groups attached to an aromatic ring is 1. The number of anilines is 1. The number of hydrogen-bond acceptors (Lipinski definition) is 5. The summed E-state index contributed by atoms with van der Waals surface area (Å²) >= 11 is 0. The molecule has 0 radical (unpaired) electrons. The third-order valence-corrected chi connectivity index (χ3v) is 2.72. The van der Waals surface area contributed by atoms with Gasteiger partial charge in [0, 0.05) is 12.7 Å². The summed E-state index contributed by atoms with van der Waals surface area (Å²) in [6, 6.07) is 4.33. The fraction of sp³-hybridized carbons (Fsp3) is 0.333. The molecule has 0 atom stereocenters. The second-order valence-corrected chi connectivity index (χ2v) is 4.37. The van der Waals surface area contributed by atoms with E-state index in [2.05, 4.69) is 10.1 Å². The van der Waals surface area contributed by atoms with Crippen LogP contribution in [0.25, 0.3) is 11.5 Å². The van der Waals surface area contributed by atoms with E-state index in [4.69, 9.17) is 15.0 Å². The number of nitrogens with zero attached hydrogens (tertiary/aromatic N) is 2. The van der Waals surface area contributed by atoms with Crippen LogP contribution in [0.4, 0.5) is 10.1 Å². The van der Waals surface area contributed by atoms with E-state index in [1.165, 1.54) is 12.1 Å². The van der Waals surface area contributed by atoms with E-state index in [1.807, 2.05) is 13.8 Å². The molecule has 0 aliphatic heterocycles. The fourth-order valence-electron chi connectivity index (χ4n) is 1.34. The average molecular weight is 251 g/mol. The van der Waals surface area contributed by atoms with Crippen molar-refractivity contribution in [3.8, 4) is 11.5 Å². The third kappa shape index (κ3) is 2.19. The van der Waals surface area contributed by atoms with E-state index in [1.54, 1.807) is 13.2 Å². The highest BCUT2D eigenvalue weighted by molar-refractivity contribution is 5.57. The first-order valence-electron chi connectivity index (χ1n) is 5.39. The van der Waals surface area contributed by atoms with E-state index in [0.29, 0.717) is 11.4 Å². The van der Waals surface area contributed by atoms with Gasteiger partial charge in [-0.05, 0) is 32.0 Å². The maximum atomic E-state index is 13.3. The average Bonchev–Trinajstić information content (AvgIpc) is 2.83. The first-order chi connectivity index (χ1) is 8.44. The number of halogens is 1. The number of methoxy groups -OCH3 is 1. The molecule has 0 unspecified atom stereocenters. The Morgan fingerprint density at radius 3 is 2.72 bits per heavy atom. The summed E-state index contributed by atoms with van der Waals surface area (Å²) < 4.78 is 23.7. The Bertz CT molecular complexity index is 566. The van der Waals surface area contributed by atoms with Crippen molar-refractivity contribution in [1.82, 2.24) is 10.1 Å². The minimum Gasteiger partial charge on any atom is -0.396 e. The quantitative estimate of drug-likeness (QED) is 0.847. The third-order valence-electron chi connectivity index (χ3n) is 2.72. The van der Waals surface area contributed by atoms with Gasteiger partial charge in [-0.15, -0.1) is 0 Å². The van der Waals surface area contributed by atoms with Crippen LogP contribution in [0.1, 0.15) is 19.7 Å². The highest BCUT2D eigenvalue weighted by Crippen LogP contribution is 2.26. The van der Waals surface area contributed by atoms with Gasteiger partial charge in [0.15, 0.2) is 0 Å². The van der Waals surface area contributed by atoms with Gasteiger partial charge in [-0.25, -0.2) is 4.39 Å². The summed E-state index contributed by atoms with van der Waals surface area (Å²) in [6.45, 7) is 3.62. The smallest absolute Gasteiger partial charge is 0.258 e. The van der Waals surface area contributed by atoms with E-state index in [9.17, 15) is 4.39 Å². The Morgan fingerprint density at radius 2 is 2.11 bits per heavy atom. The van der Waals surface area contributed by atoms with Gasteiger partial charge in [-0.3, -0.25) is 0 Å². The maximum Gasteiger partial charge on any atom is 0.258 e. The molecule has 1 aromatic carbocycles. The largest absolute Gasteiger partial charge is 0.396 e. The van der Waals surface area contributed by atoms with Crippen molar-refractivity contribution in [3.63, 3.8) is 0 Å². The second-order valence-electron chi connectivity index (χ2n) is 4.37. The molecule has 18 heavy (non-hydrogen) atoms. The molecule has 2 aromatic rings. The molecule has 0 saturated heterocycles. The zero-order chi connectivity index (χ0) is 13.3. The van der Waals surface area contributed by atoms with Gasteiger partial charge in [-0.1, -0.05) is 5.16 Å². The number of nitrogens with two attached hydrogens (primary N) is 1. The normalized spacial score (nSPS) is 11.8. The van der Waals surface area contributed by atoms with Gasteiger partial charge in [-0.2, -0.15) is 4.98 Å². The van der Waals surface area contributed by atoms with E-state index < -0.39 is 11.4 Å². The number of aromatic nitrogens is 2. The molecule has 1 heterocycles. The predicted octanol–water partition coefficient (Wildman–Crippen LogP) is 2.34. The summed E-state index contributed by atoms with van der Waals surface area (Å²) in [4.78, 5) is 4.18. The topological polar surface area (TPSA) is 74.2 Å². The van der Waals surface area contributed by atoms with E-state index in [0.717, 1.165) is 0 Å². The SMILES string of the molecule is COC(C)(C)c1noc(-c2ccc(N)c(F)c2)n1. The van der Waals surface area contributed by atoms with Gasteiger partial charge in [0.05, 0.1) is 5.69 Å². The van der Waals surface area contributed by atoms with Crippen LogP contribution < -0.4 is 5.73 Å². The van der Waals surface area contributed by atoms with Crippen molar-refractivity contribution >= 4 is 5.69 Å². The summed E-state index contributed by atoms with van der Waals surface area (Å²) in [5, 5.41) is 3.82. The monoisotopic (exact) mass is 251 g/mol. The van der Waals surface area contributed by atoms with Crippen molar-refractivity contribution in [3.05, 3.63) is 29.8 Å². The van der Waals surface area contributed by atoms with Crippen LogP contribution in [0.3, 0.4) is 0 Å². The van der Waals surface area contributed by atoms with Gasteiger partial charge in [0.25, 0.3) is 5.89 Å². The Balaban J connectivity index is 2.38. The van der Waals surface area contributed by atoms with Crippen LogP contribution in [0.2, 0.25) is 0 Å². The molecule has 0 aliphatic carbocycles. The van der Waals surface area contributed by atoms with Crippen LogP contribution in [0, 0.1) is 5.82 Å². The van der Waals surface area contributed by atoms with Crippen molar-refractivity contribution in [2.75, 3.05) is 12.8 Å². The Labute approximate surface area is 104 Å². The molecular weight excluding hydrogens is 237 g/mol. The molecule has 0 amide bonds. The molecule has 2 rings (SSSR count). The van der Waals surface area contributed by atoms with Crippen molar-refractivity contribution in [1.29, 1.82) is 0 Å². The number of ether oxygens (including phenoxy) is 1. The Morgan fingerprint density at radius 1 is 1.39 bits per heavy atom. The molecule has 1 aromatic heterocycles. The molecule has 0 saturated carbocycles. The maximum absolute atomic E-state index is 13.3. The van der Waals surface area contributed by atoms with Crippen LogP contribution in [-0.4, -0.2) is 17.3 Å². The second kappa shape index (κ2) is 4.38. The minimum absolute atomic E-state index is 0.0794. The van der Waals surface area contributed by atoms with E-state index in [-0.39, 0.29) is 11.6 Å². The van der Waals surface area contributed by atoms with Crippen LogP contribution in [0.5, 0.6) is 0 Å². The highest BCUT2D eigenvalue weighted by Gasteiger charge is 2.26. The zero-order valence-corrected chi connectivity index (χ0v) is 10.4. The first-order valence-corrected chi connectivity index (χ1v) is 5.39. The molecule has 6 heteroatoms. The van der Waals surface area contributed by atoms with E-state index >= 15 is 0 Å². The number of rotatable bonds is 3. The molecule has 0 spiro atoms. The summed E-state index contributed by atoms with van der Waals surface area (Å²) in [6.07, 6.45) is 0. The molecular formula is C12H14FN3O2. The van der Waals surface area contributed by atoms with Crippen LogP contribution in [0.15, 0.2) is 22.7 Å². The minimum atomic E-state index is -0.659. The number of benzene rings is 1. The number of hydrogen-bond donors (Lipinski definition) is 1. The standard InChI is InChI=1S/C12H14FN3O2/c1-12(2,17-3)11-15-10(18-16-11)7-4-5-9(14)8(13)6-7/h4-6H,14H2,1-3H3. The van der Waals surface area contributed by atoms with Crippen molar-refractivity contribution in [2.45, 2.75) is 19.4 Å². The zero-order valence-electron chi connectivity index (χ0n) is 10.4. The highest BCUT2D eigenvalue weighted by atomic mass is 19.1.